The van der Waals surface area contributed by atoms with Gasteiger partial charge >= 0.3 is 0 Å². The summed E-state index contributed by atoms with van der Waals surface area (Å²) >= 11 is 7.59. The average molecular weight is 335 g/mol. The summed E-state index contributed by atoms with van der Waals surface area (Å²) in [6, 6.07) is 4.48. The summed E-state index contributed by atoms with van der Waals surface area (Å²) in [6.45, 7) is 0.433. The minimum Gasteiger partial charge on any atom is -0.398 e. The first-order valence-corrected chi connectivity index (χ1v) is 9.57. The average Bonchev–Trinajstić information content (AvgIpc) is 2.89. The number of nitrogen functional groups attached to an aromatic ring is 1. The van der Waals surface area contributed by atoms with Crippen LogP contribution in [0, 0.1) is 0 Å². The summed E-state index contributed by atoms with van der Waals surface area (Å²) in [5, 5.41) is 0.361. The third kappa shape index (κ3) is 3.42. The minimum atomic E-state index is -3.62. The maximum Gasteiger partial charge on any atom is 0.242 e. The molecule has 1 aliphatic carbocycles. The van der Waals surface area contributed by atoms with Gasteiger partial charge in [-0.2, -0.15) is 11.8 Å². The fourth-order valence-corrected chi connectivity index (χ4v) is 5.04. The molecule has 0 unspecified atom stereocenters. The molecular formula is C13H19ClN2O2S2. The van der Waals surface area contributed by atoms with Crippen molar-refractivity contribution in [2.75, 3.05) is 18.5 Å². The highest BCUT2D eigenvalue weighted by Crippen LogP contribution is 2.39. The number of nitrogens with one attached hydrogen (secondary N) is 1. The minimum absolute atomic E-state index is 0.0143. The molecule has 0 aromatic heterocycles. The molecule has 1 aromatic rings. The highest BCUT2D eigenvalue weighted by atomic mass is 35.5. The van der Waals surface area contributed by atoms with E-state index in [1.54, 1.807) is 17.8 Å². The van der Waals surface area contributed by atoms with Crippen molar-refractivity contribution in [3.05, 3.63) is 23.2 Å². The maximum atomic E-state index is 12.4. The van der Waals surface area contributed by atoms with Gasteiger partial charge in [0.15, 0.2) is 0 Å². The number of anilines is 1. The Labute approximate surface area is 129 Å². The van der Waals surface area contributed by atoms with Crippen molar-refractivity contribution in [1.82, 2.24) is 4.72 Å². The molecule has 1 saturated carbocycles. The Hall–Kier alpha value is -0.430. The predicted molar refractivity (Wildman–Crippen MR) is 85.8 cm³/mol. The summed E-state index contributed by atoms with van der Waals surface area (Å²) in [4.78, 5) is 0.0549. The number of hydrogen-bond acceptors (Lipinski definition) is 4. The summed E-state index contributed by atoms with van der Waals surface area (Å²) in [7, 11) is -3.62. The Morgan fingerprint density at radius 3 is 2.65 bits per heavy atom. The van der Waals surface area contributed by atoms with Crippen LogP contribution in [0.25, 0.3) is 0 Å². The van der Waals surface area contributed by atoms with Crippen LogP contribution in [0.2, 0.25) is 5.02 Å². The van der Waals surface area contributed by atoms with Crippen LogP contribution in [-0.2, 0) is 10.0 Å². The monoisotopic (exact) mass is 334 g/mol. The van der Waals surface area contributed by atoms with Gasteiger partial charge < -0.3 is 5.73 Å². The van der Waals surface area contributed by atoms with E-state index in [9.17, 15) is 8.42 Å². The summed E-state index contributed by atoms with van der Waals surface area (Å²) in [5.74, 6) is 0. The third-order valence-corrected chi connectivity index (χ3v) is 6.91. The number of benzene rings is 1. The molecule has 1 aliphatic rings. The maximum absolute atomic E-state index is 12.4. The van der Waals surface area contributed by atoms with Crippen LogP contribution in [-0.4, -0.2) is 26.0 Å². The molecule has 1 aromatic carbocycles. The second-order valence-electron chi connectivity index (χ2n) is 5.10. The fraction of sp³-hybridized carbons (Fsp3) is 0.538. The lowest BCUT2D eigenvalue weighted by Gasteiger charge is -2.27. The van der Waals surface area contributed by atoms with Crippen LogP contribution >= 0.6 is 23.4 Å². The largest absolute Gasteiger partial charge is 0.398 e. The molecule has 0 radical (unpaired) electrons. The lowest BCUT2D eigenvalue weighted by molar-refractivity contribution is 0.551. The molecule has 0 heterocycles. The Balaban J connectivity index is 2.17. The third-order valence-electron chi connectivity index (χ3n) is 3.80. The van der Waals surface area contributed by atoms with Gasteiger partial charge in [0, 0.05) is 16.3 Å². The highest BCUT2D eigenvalue weighted by molar-refractivity contribution is 8.00. The van der Waals surface area contributed by atoms with Gasteiger partial charge in [-0.25, -0.2) is 13.1 Å². The summed E-state index contributed by atoms with van der Waals surface area (Å²) in [6.07, 6.45) is 6.43. The first kappa shape index (κ1) is 15.9. The molecule has 0 saturated heterocycles. The number of rotatable bonds is 5. The van der Waals surface area contributed by atoms with E-state index >= 15 is 0 Å². The number of thioether (sulfide) groups is 1. The van der Waals surface area contributed by atoms with E-state index in [-0.39, 0.29) is 15.3 Å². The van der Waals surface area contributed by atoms with E-state index in [4.69, 9.17) is 17.3 Å². The molecule has 1 fully saturated rings. The molecule has 0 atom stereocenters. The molecule has 0 spiro atoms. The molecule has 7 heteroatoms. The topological polar surface area (TPSA) is 72.2 Å². The van der Waals surface area contributed by atoms with Crippen molar-refractivity contribution >= 4 is 39.1 Å². The van der Waals surface area contributed by atoms with Gasteiger partial charge in [-0.05, 0) is 37.3 Å². The van der Waals surface area contributed by atoms with Crippen molar-refractivity contribution in [2.45, 2.75) is 35.3 Å². The van der Waals surface area contributed by atoms with E-state index < -0.39 is 10.0 Å². The van der Waals surface area contributed by atoms with E-state index in [1.165, 1.54) is 12.1 Å². The second kappa shape index (κ2) is 6.13. The van der Waals surface area contributed by atoms with Gasteiger partial charge in [-0.15, -0.1) is 0 Å². The summed E-state index contributed by atoms with van der Waals surface area (Å²) in [5.41, 5.74) is 5.96. The van der Waals surface area contributed by atoms with Gasteiger partial charge in [0.2, 0.25) is 10.0 Å². The van der Waals surface area contributed by atoms with Gasteiger partial charge in [-0.1, -0.05) is 24.4 Å². The van der Waals surface area contributed by atoms with Crippen molar-refractivity contribution in [3.63, 3.8) is 0 Å². The number of nitrogens with two attached hydrogens (primary N) is 1. The molecule has 0 bridgehead atoms. The summed E-state index contributed by atoms with van der Waals surface area (Å²) < 4.78 is 27.4. The molecule has 0 amide bonds. The first-order chi connectivity index (χ1) is 9.38. The van der Waals surface area contributed by atoms with Crippen molar-refractivity contribution in [1.29, 1.82) is 0 Å². The normalized spacial score (nSPS) is 18.3. The Morgan fingerprint density at radius 2 is 2.05 bits per heavy atom. The van der Waals surface area contributed by atoms with Crippen molar-refractivity contribution in [3.8, 4) is 0 Å². The van der Waals surface area contributed by atoms with E-state index in [0.29, 0.717) is 11.6 Å². The molecule has 2 rings (SSSR count). The lowest BCUT2D eigenvalue weighted by atomic mass is 10.1. The SMILES string of the molecule is CSC1(CNS(=O)(=O)c2cc(Cl)ccc2N)CCCC1. The van der Waals surface area contributed by atoms with Crippen LogP contribution < -0.4 is 10.5 Å². The zero-order valence-electron chi connectivity index (χ0n) is 11.4. The molecule has 4 nitrogen and oxygen atoms in total. The number of sulfonamides is 1. The highest BCUT2D eigenvalue weighted by Gasteiger charge is 2.34. The van der Waals surface area contributed by atoms with E-state index in [1.807, 2.05) is 6.26 Å². The number of hydrogen-bond donors (Lipinski definition) is 2. The van der Waals surface area contributed by atoms with Crippen molar-refractivity contribution in [2.24, 2.45) is 0 Å². The van der Waals surface area contributed by atoms with Crippen LogP contribution in [0.15, 0.2) is 23.1 Å². The first-order valence-electron chi connectivity index (χ1n) is 6.48. The standard InChI is InChI=1S/C13H19ClN2O2S2/c1-19-13(6-2-3-7-13)9-16-20(17,18)12-8-10(14)4-5-11(12)15/h4-5,8,16H,2-3,6-7,9,15H2,1H3. The molecule has 20 heavy (non-hydrogen) atoms. The molecule has 0 aliphatic heterocycles. The Kier molecular flexibility index (Phi) is 4.89. The van der Waals surface area contributed by atoms with Gasteiger partial charge in [0.25, 0.3) is 0 Å². The van der Waals surface area contributed by atoms with Crippen LogP contribution in [0.5, 0.6) is 0 Å². The molecular weight excluding hydrogens is 316 g/mol. The second-order valence-corrected chi connectivity index (χ2v) is 8.55. The van der Waals surface area contributed by atoms with Crippen LogP contribution in [0.4, 0.5) is 5.69 Å². The van der Waals surface area contributed by atoms with Crippen LogP contribution in [0.1, 0.15) is 25.7 Å². The number of halogens is 1. The van der Waals surface area contributed by atoms with Gasteiger partial charge in [0.1, 0.15) is 4.90 Å². The molecule has 112 valence electrons. The fourth-order valence-electron chi connectivity index (χ4n) is 2.52. The van der Waals surface area contributed by atoms with Gasteiger partial charge in [0.05, 0.1) is 5.69 Å². The van der Waals surface area contributed by atoms with Gasteiger partial charge in [-0.3, -0.25) is 0 Å². The zero-order valence-corrected chi connectivity index (χ0v) is 13.7. The molecule has 3 N–H and O–H groups in total. The van der Waals surface area contributed by atoms with Crippen LogP contribution in [0.3, 0.4) is 0 Å². The predicted octanol–water partition coefficient (Wildman–Crippen LogP) is 2.88. The Morgan fingerprint density at radius 1 is 1.40 bits per heavy atom. The quantitative estimate of drug-likeness (QED) is 0.812. The smallest absolute Gasteiger partial charge is 0.242 e. The Bertz CT molecular complexity index is 584. The van der Waals surface area contributed by atoms with Crippen molar-refractivity contribution < 1.29 is 8.42 Å². The van der Waals surface area contributed by atoms with E-state index in [2.05, 4.69) is 4.72 Å². The zero-order chi connectivity index (χ0) is 14.8. The lowest BCUT2D eigenvalue weighted by Crippen LogP contribution is -2.38. The van der Waals surface area contributed by atoms with E-state index in [0.717, 1.165) is 25.7 Å².